The second-order valence-corrected chi connectivity index (χ2v) is 10.5. The Balaban J connectivity index is 0.00000288. The SMILES string of the molecule is CCCNC(=NCC1CCS(=O)(=O)C1)N1CCSC(C(C)C)C1.I. The monoisotopic (exact) mass is 489 g/mol. The second kappa shape index (κ2) is 10.4. The molecule has 24 heavy (non-hydrogen) atoms. The normalized spacial score (nSPS) is 27.2. The van der Waals surface area contributed by atoms with Crippen LogP contribution in [0.25, 0.3) is 0 Å². The molecule has 8 heteroatoms. The van der Waals surface area contributed by atoms with Crippen molar-refractivity contribution in [2.24, 2.45) is 16.8 Å². The highest BCUT2D eigenvalue weighted by Gasteiger charge is 2.29. The summed E-state index contributed by atoms with van der Waals surface area (Å²) in [5.41, 5.74) is 0. The number of guanidine groups is 1. The maximum Gasteiger partial charge on any atom is 0.193 e. The molecule has 0 aromatic carbocycles. The number of hydrogen-bond acceptors (Lipinski definition) is 4. The molecule has 2 atom stereocenters. The van der Waals surface area contributed by atoms with E-state index in [-0.39, 0.29) is 29.9 Å². The largest absolute Gasteiger partial charge is 0.356 e. The highest BCUT2D eigenvalue weighted by Crippen LogP contribution is 2.25. The number of sulfone groups is 1. The molecule has 0 spiro atoms. The van der Waals surface area contributed by atoms with Crippen LogP contribution in [-0.4, -0.2) is 68.0 Å². The van der Waals surface area contributed by atoms with Crippen LogP contribution < -0.4 is 5.32 Å². The summed E-state index contributed by atoms with van der Waals surface area (Å²) in [5.74, 6) is 3.60. The third-order valence-corrected chi connectivity index (χ3v) is 7.87. The summed E-state index contributed by atoms with van der Waals surface area (Å²) >= 11 is 2.06. The van der Waals surface area contributed by atoms with Gasteiger partial charge >= 0.3 is 0 Å². The van der Waals surface area contributed by atoms with Gasteiger partial charge in [0.2, 0.25) is 0 Å². The van der Waals surface area contributed by atoms with E-state index in [4.69, 9.17) is 4.99 Å². The Labute approximate surface area is 168 Å². The van der Waals surface area contributed by atoms with E-state index in [9.17, 15) is 8.42 Å². The van der Waals surface area contributed by atoms with Gasteiger partial charge in [0.05, 0.1) is 11.5 Å². The predicted molar refractivity (Wildman–Crippen MR) is 115 cm³/mol. The number of nitrogens with one attached hydrogen (secondary N) is 1. The highest BCUT2D eigenvalue weighted by molar-refractivity contribution is 14.0. The number of aliphatic imine (C=N–C) groups is 1. The van der Waals surface area contributed by atoms with Gasteiger partial charge in [0.15, 0.2) is 15.8 Å². The van der Waals surface area contributed by atoms with Crippen LogP contribution in [0.2, 0.25) is 0 Å². The van der Waals surface area contributed by atoms with E-state index in [0.29, 0.717) is 29.2 Å². The van der Waals surface area contributed by atoms with Gasteiger partial charge < -0.3 is 10.2 Å². The van der Waals surface area contributed by atoms with Gasteiger partial charge in [0.25, 0.3) is 0 Å². The Morgan fingerprint density at radius 3 is 2.75 bits per heavy atom. The molecule has 0 amide bonds. The lowest BCUT2D eigenvalue weighted by Crippen LogP contribution is -2.49. The van der Waals surface area contributed by atoms with Crippen molar-refractivity contribution in [3.8, 4) is 0 Å². The molecule has 2 unspecified atom stereocenters. The average molecular weight is 489 g/mol. The van der Waals surface area contributed by atoms with Crippen molar-refractivity contribution in [2.75, 3.05) is 43.4 Å². The Morgan fingerprint density at radius 2 is 2.17 bits per heavy atom. The summed E-state index contributed by atoms with van der Waals surface area (Å²) in [6.07, 6.45) is 1.82. The molecular formula is C16H32IN3O2S2. The number of rotatable bonds is 5. The molecule has 0 radical (unpaired) electrons. The zero-order valence-electron chi connectivity index (χ0n) is 15.0. The van der Waals surface area contributed by atoms with E-state index in [1.807, 2.05) is 0 Å². The average Bonchev–Trinajstić information content (AvgIpc) is 2.86. The van der Waals surface area contributed by atoms with Crippen LogP contribution in [0.5, 0.6) is 0 Å². The van der Waals surface area contributed by atoms with Crippen molar-refractivity contribution in [1.29, 1.82) is 0 Å². The van der Waals surface area contributed by atoms with Gasteiger partial charge in [0, 0.05) is 37.2 Å². The van der Waals surface area contributed by atoms with E-state index in [2.05, 4.69) is 42.7 Å². The van der Waals surface area contributed by atoms with E-state index in [1.165, 1.54) is 0 Å². The Hall–Kier alpha value is 0.300. The third kappa shape index (κ3) is 6.90. The minimum absolute atomic E-state index is 0. The van der Waals surface area contributed by atoms with Gasteiger partial charge in [-0.05, 0) is 24.7 Å². The molecule has 2 aliphatic heterocycles. The minimum atomic E-state index is -2.81. The van der Waals surface area contributed by atoms with Crippen molar-refractivity contribution >= 4 is 51.5 Å². The fourth-order valence-corrected chi connectivity index (χ4v) is 6.16. The van der Waals surface area contributed by atoms with Crippen molar-refractivity contribution in [3.63, 3.8) is 0 Å². The third-order valence-electron chi connectivity index (χ3n) is 4.50. The van der Waals surface area contributed by atoms with Crippen molar-refractivity contribution in [1.82, 2.24) is 10.2 Å². The number of halogens is 1. The number of hydrogen-bond donors (Lipinski definition) is 1. The molecule has 0 aromatic heterocycles. The molecule has 5 nitrogen and oxygen atoms in total. The van der Waals surface area contributed by atoms with Crippen LogP contribution in [0.3, 0.4) is 0 Å². The molecule has 0 aliphatic carbocycles. The molecule has 1 N–H and O–H groups in total. The van der Waals surface area contributed by atoms with Gasteiger partial charge in [-0.3, -0.25) is 4.99 Å². The lowest BCUT2D eigenvalue weighted by Gasteiger charge is -2.36. The first kappa shape index (κ1) is 22.3. The molecule has 2 rings (SSSR count). The van der Waals surface area contributed by atoms with Crippen LogP contribution >= 0.6 is 35.7 Å². The van der Waals surface area contributed by atoms with Crippen LogP contribution in [0.4, 0.5) is 0 Å². The smallest absolute Gasteiger partial charge is 0.193 e. The summed E-state index contributed by atoms with van der Waals surface area (Å²) in [7, 11) is -2.81. The minimum Gasteiger partial charge on any atom is -0.356 e. The summed E-state index contributed by atoms with van der Waals surface area (Å²) in [5, 5.41) is 4.10. The van der Waals surface area contributed by atoms with Crippen molar-refractivity contribution in [3.05, 3.63) is 0 Å². The summed E-state index contributed by atoms with van der Waals surface area (Å²) < 4.78 is 23.2. The topological polar surface area (TPSA) is 61.8 Å². The quantitative estimate of drug-likeness (QED) is 0.365. The molecule has 2 saturated heterocycles. The van der Waals surface area contributed by atoms with Gasteiger partial charge in [-0.2, -0.15) is 11.8 Å². The Kier molecular flexibility index (Phi) is 9.73. The van der Waals surface area contributed by atoms with Crippen molar-refractivity contribution in [2.45, 2.75) is 38.9 Å². The van der Waals surface area contributed by atoms with Gasteiger partial charge in [-0.25, -0.2) is 8.42 Å². The second-order valence-electron chi connectivity index (χ2n) is 6.96. The zero-order chi connectivity index (χ0) is 16.9. The predicted octanol–water partition coefficient (Wildman–Crippen LogP) is 2.47. The molecular weight excluding hydrogens is 457 g/mol. The molecule has 2 fully saturated rings. The first-order valence-corrected chi connectivity index (χ1v) is 11.6. The molecule has 0 aromatic rings. The van der Waals surface area contributed by atoms with Gasteiger partial charge in [-0.15, -0.1) is 24.0 Å². The van der Waals surface area contributed by atoms with Crippen LogP contribution in [0, 0.1) is 11.8 Å². The summed E-state index contributed by atoms with van der Waals surface area (Å²) in [4.78, 5) is 7.15. The first-order chi connectivity index (χ1) is 10.9. The van der Waals surface area contributed by atoms with E-state index in [1.54, 1.807) is 0 Å². The van der Waals surface area contributed by atoms with Crippen LogP contribution in [0.1, 0.15) is 33.6 Å². The fraction of sp³-hybridized carbons (Fsp3) is 0.938. The molecule has 0 saturated carbocycles. The molecule has 2 heterocycles. The first-order valence-electron chi connectivity index (χ1n) is 8.76. The maximum absolute atomic E-state index is 11.6. The van der Waals surface area contributed by atoms with Crippen LogP contribution in [0.15, 0.2) is 4.99 Å². The summed E-state index contributed by atoms with van der Waals surface area (Å²) in [6, 6.07) is 0. The Morgan fingerprint density at radius 1 is 1.42 bits per heavy atom. The number of nitrogens with zero attached hydrogens (tertiary/aromatic N) is 2. The van der Waals surface area contributed by atoms with E-state index < -0.39 is 9.84 Å². The van der Waals surface area contributed by atoms with E-state index >= 15 is 0 Å². The molecule has 0 bridgehead atoms. The van der Waals surface area contributed by atoms with Crippen LogP contribution in [-0.2, 0) is 9.84 Å². The molecule has 2 aliphatic rings. The Bertz CT molecular complexity index is 511. The lowest BCUT2D eigenvalue weighted by molar-refractivity contribution is 0.379. The van der Waals surface area contributed by atoms with Gasteiger partial charge in [0.1, 0.15) is 0 Å². The summed E-state index contributed by atoms with van der Waals surface area (Å²) in [6.45, 7) is 10.3. The zero-order valence-corrected chi connectivity index (χ0v) is 19.0. The highest BCUT2D eigenvalue weighted by atomic mass is 127. The standard InChI is InChI=1S/C16H31N3O2S2.HI/c1-4-6-17-16(18-10-14-5-9-23(20,21)12-14)19-7-8-22-15(11-19)13(2)3;/h13-15H,4-12H2,1-3H3,(H,17,18);1H. The van der Waals surface area contributed by atoms with Gasteiger partial charge in [-0.1, -0.05) is 20.8 Å². The number of thioether (sulfide) groups is 1. The lowest BCUT2D eigenvalue weighted by atomic mass is 10.1. The van der Waals surface area contributed by atoms with Crippen molar-refractivity contribution < 1.29 is 8.42 Å². The van der Waals surface area contributed by atoms with E-state index in [0.717, 1.165) is 44.2 Å². The maximum atomic E-state index is 11.6. The molecule has 142 valence electrons. The fourth-order valence-electron chi connectivity index (χ4n) is 3.01.